The lowest BCUT2D eigenvalue weighted by Crippen LogP contribution is -2.64. The zero-order chi connectivity index (χ0) is 23.0. The first kappa shape index (κ1) is 21.5. The van der Waals surface area contributed by atoms with Crippen molar-refractivity contribution < 1.29 is 18.4 Å². The van der Waals surface area contributed by atoms with Crippen molar-refractivity contribution in [3.05, 3.63) is 71.9 Å². The van der Waals surface area contributed by atoms with Crippen LogP contribution in [0.15, 0.2) is 59.2 Å². The lowest BCUT2D eigenvalue weighted by molar-refractivity contribution is -0.134. The van der Waals surface area contributed by atoms with E-state index in [1.807, 2.05) is 16.7 Å². The fourth-order valence-electron chi connectivity index (χ4n) is 5.05. The second-order valence-corrected chi connectivity index (χ2v) is 9.23. The van der Waals surface area contributed by atoms with E-state index in [0.29, 0.717) is 17.0 Å². The van der Waals surface area contributed by atoms with E-state index >= 15 is 0 Å². The molecule has 0 saturated heterocycles. The van der Waals surface area contributed by atoms with Gasteiger partial charge < -0.3 is 19.2 Å². The van der Waals surface area contributed by atoms with Crippen LogP contribution in [0.5, 0.6) is 0 Å². The summed E-state index contributed by atoms with van der Waals surface area (Å²) in [6.45, 7) is 2.05. The third-order valence-electron chi connectivity index (χ3n) is 7.00. The smallest absolute Gasteiger partial charge is 0.271 e. The van der Waals surface area contributed by atoms with Gasteiger partial charge in [-0.15, -0.1) is 0 Å². The van der Waals surface area contributed by atoms with Gasteiger partial charge in [-0.1, -0.05) is 37.5 Å². The number of carbonyl (C=O) groups is 2. The van der Waals surface area contributed by atoms with Crippen LogP contribution in [-0.4, -0.2) is 32.9 Å². The lowest BCUT2D eigenvalue weighted by atomic mass is 9.91. The summed E-state index contributed by atoms with van der Waals surface area (Å²) in [5.41, 5.74) is 0.393. The average molecular weight is 450 g/mol. The zero-order valence-corrected chi connectivity index (χ0v) is 18.7. The molecule has 0 bridgehead atoms. The van der Waals surface area contributed by atoms with Crippen LogP contribution in [0, 0.1) is 5.82 Å². The Balaban J connectivity index is 1.54. The molecule has 3 aromatic rings. The number of amides is 2. The predicted octanol–water partition coefficient (Wildman–Crippen LogP) is 4.75. The highest BCUT2D eigenvalue weighted by Crippen LogP contribution is 2.35. The van der Waals surface area contributed by atoms with Crippen LogP contribution < -0.4 is 5.32 Å². The molecule has 0 radical (unpaired) electrons. The molecule has 1 saturated carbocycles. The van der Waals surface area contributed by atoms with Gasteiger partial charge in [-0.3, -0.25) is 9.59 Å². The molecule has 2 amide bonds. The van der Waals surface area contributed by atoms with E-state index in [0.717, 1.165) is 31.4 Å². The Morgan fingerprint density at radius 2 is 1.85 bits per heavy atom. The van der Waals surface area contributed by atoms with E-state index in [2.05, 4.69) is 5.32 Å². The summed E-state index contributed by atoms with van der Waals surface area (Å²) in [6, 6.07) is 13.7. The molecule has 6 nitrogen and oxygen atoms in total. The van der Waals surface area contributed by atoms with Crippen LogP contribution in [0.2, 0.25) is 0 Å². The summed E-state index contributed by atoms with van der Waals surface area (Å²) in [5.74, 6) is -0.267. The number of fused-ring (bicyclic) bond motifs is 1. The first-order valence-corrected chi connectivity index (χ1v) is 11.6. The molecule has 0 unspecified atom stereocenters. The van der Waals surface area contributed by atoms with Gasteiger partial charge in [0.05, 0.1) is 25.0 Å². The molecular formula is C26H28FN3O3. The Morgan fingerprint density at radius 3 is 2.58 bits per heavy atom. The van der Waals surface area contributed by atoms with Crippen molar-refractivity contribution in [2.75, 3.05) is 0 Å². The number of aromatic nitrogens is 1. The Kier molecular flexibility index (Phi) is 5.56. The van der Waals surface area contributed by atoms with Crippen LogP contribution in [0.4, 0.5) is 4.39 Å². The fraction of sp³-hybridized carbons (Fsp3) is 0.385. The Morgan fingerprint density at radius 1 is 1.09 bits per heavy atom. The van der Waals surface area contributed by atoms with Crippen molar-refractivity contribution in [1.29, 1.82) is 0 Å². The predicted molar refractivity (Wildman–Crippen MR) is 122 cm³/mol. The Bertz CT molecular complexity index is 1160. The van der Waals surface area contributed by atoms with Gasteiger partial charge in [0.1, 0.15) is 22.8 Å². The van der Waals surface area contributed by atoms with Crippen molar-refractivity contribution in [2.24, 2.45) is 0 Å². The third kappa shape index (κ3) is 3.86. The van der Waals surface area contributed by atoms with E-state index in [1.165, 1.54) is 17.4 Å². The molecule has 1 atom stereocenters. The van der Waals surface area contributed by atoms with Gasteiger partial charge in [-0.05, 0) is 50.1 Å². The summed E-state index contributed by atoms with van der Waals surface area (Å²) in [7, 11) is 0. The maximum absolute atomic E-state index is 14.5. The second kappa shape index (κ2) is 8.54. The quantitative estimate of drug-likeness (QED) is 0.611. The van der Waals surface area contributed by atoms with Gasteiger partial charge in [0.25, 0.3) is 5.91 Å². The molecular weight excluding hydrogens is 421 g/mol. The van der Waals surface area contributed by atoms with Crippen molar-refractivity contribution in [1.82, 2.24) is 14.8 Å². The summed E-state index contributed by atoms with van der Waals surface area (Å²) in [6.07, 6.45) is 6.82. The SMILES string of the molecule is C[C@]1(C(=O)NC2CCCCC2)Cn2c(ccc2-c2ccco2)C(=O)N1Cc1ccccc1F. The van der Waals surface area contributed by atoms with Crippen molar-refractivity contribution >= 4 is 11.8 Å². The van der Waals surface area contributed by atoms with E-state index in [4.69, 9.17) is 4.42 Å². The highest BCUT2D eigenvalue weighted by atomic mass is 19.1. The number of benzene rings is 1. The highest BCUT2D eigenvalue weighted by Gasteiger charge is 2.48. The maximum Gasteiger partial charge on any atom is 0.271 e. The number of hydrogen-bond acceptors (Lipinski definition) is 3. The number of carbonyl (C=O) groups excluding carboxylic acids is 2. The maximum atomic E-state index is 14.5. The third-order valence-corrected chi connectivity index (χ3v) is 7.00. The largest absolute Gasteiger partial charge is 0.463 e. The summed E-state index contributed by atoms with van der Waals surface area (Å²) in [5, 5.41) is 3.19. The standard InChI is InChI=1S/C26H28FN3O3/c1-26(25(32)28-19-9-3-2-4-10-19)17-29-21(23-12-7-15-33-23)13-14-22(29)24(31)30(26)16-18-8-5-6-11-20(18)27/h5-8,11-15,19H,2-4,9-10,16-17H2,1H3,(H,28,32)/t26-/m1/s1. The van der Waals surface area contributed by atoms with Crippen molar-refractivity contribution in [2.45, 2.75) is 63.7 Å². The van der Waals surface area contributed by atoms with Crippen LogP contribution in [-0.2, 0) is 17.9 Å². The van der Waals surface area contributed by atoms with Crippen LogP contribution >= 0.6 is 0 Å². The van der Waals surface area contributed by atoms with Gasteiger partial charge in [0, 0.05) is 11.6 Å². The minimum absolute atomic E-state index is 0.0152. The zero-order valence-electron chi connectivity index (χ0n) is 18.7. The van der Waals surface area contributed by atoms with E-state index in [-0.39, 0.29) is 30.9 Å². The highest BCUT2D eigenvalue weighted by molar-refractivity contribution is 6.00. The van der Waals surface area contributed by atoms with Crippen molar-refractivity contribution in [3.63, 3.8) is 0 Å². The second-order valence-electron chi connectivity index (χ2n) is 9.23. The number of nitrogens with zero attached hydrogens (tertiary/aromatic N) is 2. The minimum Gasteiger partial charge on any atom is -0.463 e. The molecule has 2 aliphatic rings. The molecule has 1 N–H and O–H groups in total. The normalized spacial score (nSPS) is 21.2. The van der Waals surface area contributed by atoms with Gasteiger partial charge in [-0.2, -0.15) is 0 Å². The van der Waals surface area contributed by atoms with Gasteiger partial charge >= 0.3 is 0 Å². The summed E-state index contributed by atoms with van der Waals surface area (Å²) in [4.78, 5) is 28.9. The molecule has 0 spiro atoms. The van der Waals surface area contributed by atoms with Gasteiger partial charge in [0.15, 0.2) is 0 Å². The number of halogens is 1. The topological polar surface area (TPSA) is 67.5 Å². The summed E-state index contributed by atoms with van der Waals surface area (Å²) < 4.78 is 21.9. The monoisotopic (exact) mass is 449 g/mol. The molecule has 7 heteroatoms. The molecule has 5 rings (SSSR count). The molecule has 1 fully saturated rings. The number of rotatable bonds is 5. The molecule has 3 heterocycles. The number of furan rings is 1. The number of hydrogen-bond donors (Lipinski definition) is 1. The molecule has 172 valence electrons. The molecule has 1 aromatic carbocycles. The van der Waals surface area contributed by atoms with Crippen LogP contribution in [0.1, 0.15) is 55.1 Å². The van der Waals surface area contributed by atoms with Crippen LogP contribution in [0.3, 0.4) is 0 Å². The molecule has 2 aromatic heterocycles. The molecule has 33 heavy (non-hydrogen) atoms. The van der Waals surface area contributed by atoms with E-state index in [1.54, 1.807) is 43.5 Å². The number of nitrogens with one attached hydrogen (secondary N) is 1. The Hall–Kier alpha value is -3.35. The van der Waals surface area contributed by atoms with Gasteiger partial charge in [-0.25, -0.2) is 4.39 Å². The summed E-state index contributed by atoms with van der Waals surface area (Å²) >= 11 is 0. The first-order valence-electron chi connectivity index (χ1n) is 11.6. The fourth-order valence-corrected chi connectivity index (χ4v) is 5.05. The lowest BCUT2D eigenvalue weighted by Gasteiger charge is -2.45. The van der Waals surface area contributed by atoms with E-state index < -0.39 is 11.4 Å². The molecule has 1 aliphatic carbocycles. The van der Waals surface area contributed by atoms with E-state index in [9.17, 15) is 14.0 Å². The van der Waals surface area contributed by atoms with Crippen molar-refractivity contribution in [3.8, 4) is 11.5 Å². The van der Waals surface area contributed by atoms with Gasteiger partial charge in [0.2, 0.25) is 5.91 Å². The minimum atomic E-state index is -1.19. The molecule has 1 aliphatic heterocycles. The Labute approximate surface area is 192 Å². The average Bonchev–Trinajstić information content (AvgIpc) is 3.48. The van der Waals surface area contributed by atoms with Crippen LogP contribution in [0.25, 0.3) is 11.5 Å². The first-order chi connectivity index (χ1) is 16.0.